The first kappa shape index (κ1) is 13.2. The van der Waals surface area contributed by atoms with Crippen molar-refractivity contribution in [2.75, 3.05) is 13.7 Å². The van der Waals surface area contributed by atoms with E-state index in [2.05, 4.69) is 5.32 Å². The molecule has 0 aliphatic rings. The number of methoxy groups -OCH3 is 1. The first-order chi connectivity index (χ1) is 8.13. The summed E-state index contributed by atoms with van der Waals surface area (Å²) in [6.07, 6.45) is 4.34. The van der Waals surface area contributed by atoms with Gasteiger partial charge in [0.1, 0.15) is 11.6 Å². The number of hydrogen-bond acceptors (Lipinski definition) is 2. The zero-order chi connectivity index (χ0) is 12.7. The smallest absolute Gasteiger partial charge is 0.216 e. The van der Waals surface area contributed by atoms with Gasteiger partial charge in [0.05, 0.1) is 7.11 Å². The van der Waals surface area contributed by atoms with Crippen LogP contribution in [0, 0.1) is 5.82 Å². The largest absolute Gasteiger partial charge is 0.496 e. The van der Waals surface area contributed by atoms with Gasteiger partial charge in [-0.3, -0.25) is 4.79 Å². The number of rotatable bonds is 5. The molecule has 0 unspecified atom stereocenters. The average Bonchev–Trinajstić information content (AvgIpc) is 2.28. The predicted molar refractivity (Wildman–Crippen MR) is 65.3 cm³/mol. The summed E-state index contributed by atoms with van der Waals surface area (Å²) in [5.74, 6) is 0.274. The fourth-order valence-corrected chi connectivity index (χ4v) is 1.38. The lowest BCUT2D eigenvalue weighted by Crippen LogP contribution is -2.20. The van der Waals surface area contributed by atoms with Crippen molar-refractivity contribution in [2.45, 2.75) is 13.3 Å². The van der Waals surface area contributed by atoms with Crippen LogP contribution in [-0.4, -0.2) is 19.6 Å². The minimum absolute atomic E-state index is 0.0539. The molecular formula is C13H16FNO2. The van der Waals surface area contributed by atoms with Crippen molar-refractivity contribution in [3.63, 3.8) is 0 Å². The molecular weight excluding hydrogens is 221 g/mol. The van der Waals surface area contributed by atoms with E-state index < -0.39 is 0 Å². The molecule has 0 heterocycles. The lowest BCUT2D eigenvalue weighted by atomic mass is 10.1. The van der Waals surface area contributed by atoms with Crippen LogP contribution in [0.1, 0.15) is 18.9 Å². The second-order valence-electron chi connectivity index (χ2n) is 3.56. The lowest BCUT2D eigenvalue weighted by Gasteiger charge is -2.04. The molecule has 0 fully saturated rings. The molecule has 0 aliphatic heterocycles. The van der Waals surface area contributed by atoms with E-state index in [0.29, 0.717) is 24.3 Å². The van der Waals surface area contributed by atoms with Gasteiger partial charge in [0.25, 0.3) is 0 Å². The third-order valence-corrected chi connectivity index (χ3v) is 2.17. The highest BCUT2D eigenvalue weighted by molar-refractivity contribution is 5.72. The number of halogens is 1. The van der Waals surface area contributed by atoms with E-state index in [1.165, 1.54) is 19.1 Å². The molecule has 0 aromatic heterocycles. The van der Waals surface area contributed by atoms with Crippen LogP contribution in [-0.2, 0) is 4.79 Å². The standard InChI is InChI=1S/C13H16FNO2/c1-10(16)15-8-4-3-5-11-9-12(14)6-7-13(11)17-2/h3,5-7,9H,4,8H2,1-2H3,(H,15,16). The molecule has 0 radical (unpaired) electrons. The van der Waals surface area contributed by atoms with E-state index in [-0.39, 0.29) is 11.7 Å². The van der Waals surface area contributed by atoms with Gasteiger partial charge in [0, 0.05) is 19.0 Å². The monoisotopic (exact) mass is 237 g/mol. The maximum absolute atomic E-state index is 13.0. The second kappa shape index (κ2) is 6.68. The minimum Gasteiger partial charge on any atom is -0.496 e. The van der Waals surface area contributed by atoms with Crippen molar-refractivity contribution >= 4 is 12.0 Å². The van der Waals surface area contributed by atoms with Crippen LogP contribution in [0.5, 0.6) is 5.75 Å². The molecule has 0 atom stereocenters. The van der Waals surface area contributed by atoms with Crippen molar-refractivity contribution in [1.29, 1.82) is 0 Å². The number of hydrogen-bond donors (Lipinski definition) is 1. The molecule has 0 spiro atoms. The highest BCUT2D eigenvalue weighted by Gasteiger charge is 2.00. The van der Waals surface area contributed by atoms with E-state index >= 15 is 0 Å². The van der Waals surface area contributed by atoms with Crippen LogP contribution in [0.25, 0.3) is 6.08 Å². The number of amides is 1. The topological polar surface area (TPSA) is 38.3 Å². The zero-order valence-corrected chi connectivity index (χ0v) is 10.00. The van der Waals surface area contributed by atoms with E-state index in [1.54, 1.807) is 19.3 Å². The number of nitrogens with one attached hydrogen (secondary N) is 1. The Balaban J connectivity index is 2.57. The van der Waals surface area contributed by atoms with Crippen LogP contribution in [0.4, 0.5) is 4.39 Å². The Labute approximate surface area is 100 Å². The van der Waals surface area contributed by atoms with Crippen molar-refractivity contribution in [1.82, 2.24) is 5.32 Å². The van der Waals surface area contributed by atoms with E-state index in [4.69, 9.17) is 4.74 Å². The molecule has 17 heavy (non-hydrogen) atoms. The fourth-order valence-electron chi connectivity index (χ4n) is 1.38. The van der Waals surface area contributed by atoms with Crippen LogP contribution in [0.2, 0.25) is 0 Å². The summed E-state index contributed by atoms with van der Waals surface area (Å²) >= 11 is 0. The van der Waals surface area contributed by atoms with E-state index in [0.717, 1.165) is 0 Å². The maximum atomic E-state index is 13.0. The second-order valence-corrected chi connectivity index (χ2v) is 3.56. The first-order valence-electron chi connectivity index (χ1n) is 5.38. The van der Waals surface area contributed by atoms with E-state index in [9.17, 15) is 9.18 Å². The van der Waals surface area contributed by atoms with Crippen LogP contribution in [0.15, 0.2) is 24.3 Å². The summed E-state index contributed by atoms with van der Waals surface area (Å²) in [5, 5.41) is 2.68. The Morgan fingerprint density at radius 3 is 2.94 bits per heavy atom. The van der Waals surface area contributed by atoms with Crippen molar-refractivity contribution in [3.8, 4) is 5.75 Å². The molecule has 3 nitrogen and oxygen atoms in total. The molecule has 92 valence electrons. The quantitative estimate of drug-likeness (QED) is 0.798. The Bertz CT molecular complexity index is 416. The molecule has 0 bridgehead atoms. The van der Waals surface area contributed by atoms with Crippen LogP contribution >= 0.6 is 0 Å². The first-order valence-corrected chi connectivity index (χ1v) is 5.38. The molecule has 1 aromatic rings. The Kier molecular flexibility index (Phi) is 5.20. The summed E-state index contributed by atoms with van der Waals surface area (Å²) in [5.41, 5.74) is 0.690. The van der Waals surface area contributed by atoms with Gasteiger partial charge in [-0.15, -0.1) is 0 Å². The van der Waals surface area contributed by atoms with Crippen molar-refractivity contribution < 1.29 is 13.9 Å². The molecule has 1 aromatic carbocycles. The van der Waals surface area contributed by atoms with Gasteiger partial charge in [0.2, 0.25) is 5.91 Å². The number of ether oxygens (including phenoxy) is 1. The molecule has 0 saturated heterocycles. The summed E-state index contributed by atoms with van der Waals surface area (Å²) in [7, 11) is 1.54. The normalized spacial score (nSPS) is 10.5. The highest BCUT2D eigenvalue weighted by Crippen LogP contribution is 2.20. The Hall–Kier alpha value is -1.84. The Morgan fingerprint density at radius 1 is 1.53 bits per heavy atom. The summed E-state index contributed by atoms with van der Waals surface area (Å²) in [6.45, 7) is 2.04. The summed E-state index contributed by atoms with van der Waals surface area (Å²) < 4.78 is 18.1. The van der Waals surface area contributed by atoms with Crippen molar-refractivity contribution in [3.05, 3.63) is 35.7 Å². The third kappa shape index (κ3) is 4.68. The van der Waals surface area contributed by atoms with Gasteiger partial charge < -0.3 is 10.1 Å². The minimum atomic E-state index is -0.299. The van der Waals surface area contributed by atoms with Gasteiger partial charge in [-0.1, -0.05) is 12.2 Å². The lowest BCUT2D eigenvalue weighted by molar-refractivity contribution is -0.118. The molecule has 4 heteroatoms. The highest BCUT2D eigenvalue weighted by atomic mass is 19.1. The molecule has 1 amide bonds. The fraction of sp³-hybridized carbons (Fsp3) is 0.308. The third-order valence-electron chi connectivity index (χ3n) is 2.17. The maximum Gasteiger partial charge on any atom is 0.216 e. The average molecular weight is 237 g/mol. The Morgan fingerprint density at radius 2 is 2.29 bits per heavy atom. The number of carbonyl (C=O) groups is 1. The SMILES string of the molecule is COc1ccc(F)cc1C=CCCNC(C)=O. The molecule has 0 saturated carbocycles. The molecule has 0 aliphatic carbocycles. The van der Waals surface area contributed by atoms with Gasteiger partial charge >= 0.3 is 0 Å². The summed E-state index contributed by atoms with van der Waals surface area (Å²) in [6, 6.07) is 4.35. The van der Waals surface area contributed by atoms with Crippen LogP contribution in [0.3, 0.4) is 0 Å². The van der Waals surface area contributed by atoms with Gasteiger partial charge in [-0.05, 0) is 24.6 Å². The zero-order valence-electron chi connectivity index (χ0n) is 10.00. The van der Waals surface area contributed by atoms with Crippen molar-refractivity contribution in [2.24, 2.45) is 0 Å². The predicted octanol–water partition coefficient (Wildman–Crippen LogP) is 2.37. The van der Waals surface area contributed by atoms with Gasteiger partial charge in [-0.2, -0.15) is 0 Å². The molecule has 1 N–H and O–H groups in total. The number of carbonyl (C=O) groups excluding carboxylic acids is 1. The van der Waals surface area contributed by atoms with E-state index in [1.807, 2.05) is 6.08 Å². The van der Waals surface area contributed by atoms with Crippen LogP contribution < -0.4 is 10.1 Å². The number of benzene rings is 1. The summed E-state index contributed by atoms with van der Waals surface area (Å²) in [4.78, 5) is 10.6. The van der Waals surface area contributed by atoms with Gasteiger partial charge in [0.15, 0.2) is 0 Å². The molecule has 1 rings (SSSR count). The van der Waals surface area contributed by atoms with Gasteiger partial charge in [-0.25, -0.2) is 4.39 Å².